The number of carbonyl (C=O) groups excluding carboxylic acids is 1. The molecule has 1 saturated carbocycles. The van der Waals surface area contributed by atoms with E-state index in [9.17, 15) is 18.0 Å². The highest BCUT2D eigenvalue weighted by molar-refractivity contribution is 5.79. The number of rotatable bonds is 6. The Balaban J connectivity index is 2.66. The van der Waals surface area contributed by atoms with Crippen molar-refractivity contribution in [1.82, 2.24) is 4.90 Å². The number of halogens is 3. The summed E-state index contributed by atoms with van der Waals surface area (Å²) in [5.41, 5.74) is 0. The molecule has 1 aliphatic carbocycles. The molecule has 0 saturated heterocycles. The van der Waals surface area contributed by atoms with E-state index >= 15 is 0 Å². The third-order valence-electron chi connectivity index (χ3n) is 3.86. The van der Waals surface area contributed by atoms with Crippen molar-refractivity contribution in [1.29, 1.82) is 5.26 Å². The smallest absolute Gasteiger partial charge is 0.383 e. The van der Waals surface area contributed by atoms with Crippen molar-refractivity contribution in [3.8, 4) is 6.07 Å². The lowest BCUT2D eigenvalue weighted by Crippen LogP contribution is -2.42. The Morgan fingerprint density at radius 3 is 2.67 bits per heavy atom. The Bertz CT molecular complexity index is 379. The van der Waals surface area contributed by atoms with Gasteiger partial charge >= 0.3 is 6.18 Å². The SMILES string of the molecule is COCCN(CCC#N)C(=O)C1CCCC(C(F)(F)F)C1. The Morgan fingerprint density at radius 2 is 2.10 bits per heavy atom. The molecule has 1 fully saturated rings. The topological polar surface area (TPSA) is 53.3 Å². The molecular weight excluding hydrogens is 285 g/mol. The van der Waals surface area contributed by atoms with Crippen molar-refractivity contribution in [2.24, 2.45) is 11.8 Å². The molecule has 2 unspecified atom stereocenters. The Hall–Kier alpha value is -1.29. The maximum absolute atomic E-state index is 12.8. The van der Waals surface area contributed by atoms with Gasteiger partial charge in [0.15, 0.2) is 0 Å². The largest absolute Gasteiger partial charge is 0.391 e. The molecule has 0 radical (unpaired) electrons. The van der Waals surface area contributed by atoms with Gasteiger partial charge in [0.05, 0.1) is 25.0 Å². The van der Waals surface area contributed by atoms with Gasteiger partial charge in [-0.25, -0.2) is 0 Å². The summed E-state index contributed by atoms with van der Waals surface area (Å²) in [6, 6.07) is 1.95. The van der Waals surface area contributed by atoms with Gasteiger partial charge in [0, 0.05) is 26.1 Å². The highest BCUT2D eigenvalue weighted by Crippen LogP contribution is 2.40. The van der Waals surface area contributed by atoms with Crippen molar-refractivity contribution in [2.75, 3.05) is 26.8 Å². The Labute approximate surface area is 122 Å². The fourth-order valence-electron chi connectivity index (χ4n) is 2.69. The second-order valence-electron chi connectivity index (χ2n) is 5.33. The van der Waals surface area contributed by atoms with E-state index < -0.39 is 18.0 Å². The first-order chi connectivity index (χ1) is 9.90. The van der Waals surface area contributed by atoms with Gasteiger partial charge < -0.3 is 9.64 Å². The van der Waals surface area contributed by atoms with Crippen LogP contribution >= 0.6 is 0 Å². The van der Waals surface area contributed by atoms with Crippen LogP contribution in [0, 0.1) is 23.2 Å². The first-order valence-corrected chi connectivity index (χ1v) is 7.11. The quantitative estimate of drug-likeness (QED) is 0.758. The van der Waals surface area contributed by atoms with Crippen LogP contribution in [0.15, 0.2) is 0 Å². The summed E-state index contributed by atoms with van der Waals surface area (Å²) < 4.78 is 43.3. The van der Waals surface area contributed by atoms with Crippen molar-refractivity contribution in [3.63, 3.8) is 0 Å². The Morgan fingerprint density at radius 1 is 1.38 bits per heavy atom. The zero-order chi connectivity index (χ0) is 15.9. The molecule has 0 heterocycles. The van der Waals surface area contributed by atoms with E-state index in [1.54, 1.807) is 0 Å². The number of nitriles is 1. The molecule has 0 aromatic carbocycles. The molecule has 1 aliphatic rings. The van der Waals surface area contributed by atoms with Gasteiger partial charge in [0.25, 0.3) is 0 Å². The third kappa shape index (κ3) is 5.54. The Kier molecular flexibility index (Phi) is 6.96. The molecule has 0 N–H and O–H groups in total. The van der Waals surface area contributed by atoms with Crippen LogP contribution < -0.4 is 0 Å². The van der Waals surface area contributed by atoms with Gasteiger partial charge in [0.2, 0.25) is 5.91 Å². The number of carbonyl (C=O) groups is 1. The van der Waals surface area contributed by atoms with Gasteiger partial charge in [-0.05, 0) is 19.3 Å². The molecular formula is C14H21F3N2O2. The number of ether oxygens (including phenoxy) is 1. The van der Waals surface area contributed by atoms with E-state index in [-0.39, 0.29) is 31.7 Å². The molecule has 0 aromatic rings. The molecule has 2 atom stereocenters. The van der Waals surface area contributed by atoms with Crippen LogP contribution in [-0.2, 0) is 9.53 Å². The second kappa shape index (κ2) is 8.23. The van der Waals surface area contributed by atoms with Crippen molar-refractivity contribution < 1.29 is 22.7 Å². The first kappa shape index (κ1) is 17.8. The van der Waals surface area contributed by atoms with Crippen molar-refractivity contribution in [3.05, 3.63) is 0 Å². The van der Waals surface area contributed by atoms with Crippen LogP contribution in [0.4, 0.5) is 13.2 Å². The lowest BCUT2D eigenvalue weighted by molar-refractivity contribution is -0.187. The van der Waals surface area contributed by atoms with E-state index in [0.29, 0.717) is 26.0 Å². The van der Waals surface area contributed by atoms with E-state index in [2.05, 4.69) is 0 Å². The van der Waals surface area contributed by atoms with Crippen LogP contribution in [0.25, 0.3) is 0 Å². The predicted octanol–water partition coefficient (Wildman–Crippen LogP) is 2.74. The minimum atomic E-state index is -4.23. The van der Waals surface area contributed by atoms with Crippen LogP contribution in [0.2, 0.25) is 0 Å². The van der Waals surface area contributed by atoms with E-state index in [4.69, 9.17) is 10.00 Å². The van der Waals surface area contributed by atoms with E-state index in [1.165, 1.54) is 12.0 Å². The summed E-state index contributed by atoms with van der Waals surface area (Å²) in [4.78, 5) is 13.8. The molecule has 0 aliphatic heterocycles. The van der Waals surface area contributed by atoms with Crippen LogP contribution in [0.3, 0.4) is 0 Å². The number of nitrogens with zero attached hydrogens (tertiary/aromatic N) is 2. The number of methoxy groups -OCH3 is 1. The highest BCUT2D eigenvalue weighted by Gasteiger charge is 2.44. The predicted molar refractivity (Wildman–Crippen MR) is 70.2 cm³/mol. The first-order valence-electron chi connectivity index (χ1n) is 7.11. The standard InChI is InChI=1S/C14H21F3N2O2/c1-21-9-8-19(7-3-6-18)13(20)11-4-2-5-12(10-11)14(15,16)17/h11-12H,2-5,7-10H2,1H3. The van der Waals surface area contributed by atoms with Crippen molar-refractivity contribution >= 4 is 5.91 Å². The summed E-state index contributed by atoms with van der Waals surface area (Å²) in [5, 5.41) is 8.61. The van der Waals surface area contributed by atoms with Gasteiger partial charge in [-0.15, -0.1) is 0 Å². The second-order valence-corrected chi connectivity index (χ2v) is 5.33. The van der Waals surface area contributed by atoms with Gasteiger partial charge in [-0.2, -0.15) is 18.4 Å². The van der Waals surface area contributed by atoms with Crippen LogP contribution in [0.1, 0.15) is 32.1 Å². The minimum Gasteiger partial charge on any atom is -0.383 e. The molecule has 0 bridgehead atoms. The average Bonchev–Trinajstić information content (AvgIpc) is 2.46. The zero-order valence-electron chi connectivity index (χ0n) is 12.2. The molecule has 4 nitrogen and oxygen atoms in total. The molecule has 21 heavy (non-hydrogen) atoms. The summed E-state index contributed by atoms with van der Waals surface area (Å²) in [5.74, 6) is -2.27. The zero-order valence-corrected chi connectivity index (χ0v) is 12.2. The van der Waals surface area contributed by atoms with Gasteiger partial charge in [-0.1, -0.05) is 6.42 Å². The number of amides is 1. The molecule has 7 heteroatoms. The van der Waals surface area contributed by atoms with Crippen LogP contribution in [-0.4, -0.2) is 43.8 Å². The van der Waals surface area contributed by atoms with Crippen molar-refractivity contribution in [2.45, 2.75) is 38.3 Å². The molecule has 0 spiro atoms. The lowest BCUT2D eigenvalue weighted by atomic mass is 9.80. The lowest BCUT2D eigenvalue weighted by Gasteiger charge is -2.33. The molecule has 1 rings (SSSR count). The number of alkyl halides is 3. The molecule has 0 aromatic heterocycles. The van der Waals surface area contributed by atoms with Gasteiger partial charge in [-0.3, -0.25) is 4.79 Å². The van der Waals surface area contributed by atoms with Gasteiger partial charge in [0.1, 0.15) is 0 Å². The summed E-state index contributed by atoms with van der Waals surface area (Å²) in [7, 11) is 1.49. The fraction of sp³-hybridized carbons (Fsp3) is 0.857. The number of hydrogen-bond acceptors (Lipinski definition) is 3. The molecule has 120 valence electrons. The number of hydrogen-bond donors (Lipinski definition) is 0. The normalized spacial score (nSPS) is 22.6. The minimum absolute atomic E-state index is 0.101. The van der Waals surface area contributed by atoms with Crippen LogP contribution in [0.5, 0.6) is 0 Å². The maximum atomic E-state index is 12.8. The summed E-state index contributed by atoms with van der Waals surface area (Å²) in [6.45, 7) is 0.864. The maximum Gasteiger partial charge on any atom is 0.391 e. The fourth-order valence-corrected chi connectivity index (χ4v) is 2.69. The average molecular weight is 306 g/mol. The molecule has 1 amide bonds. The third-order valence-corrected chi connectivity index (χ3v) is 3.86. The summed E-state index contributed by atoms with van der Waals surface area (Å²) >= 11 is 0. The van der Waals surface area contributed by atoms with E-state index in [0.717, 1.165) is 0 Å². The van der Waals surface area contributed by atoms with E-state index in [1.807, 2.05) is 6.07 Å². The summed E-state index contributed by atoms with van der Waals surface area (Å²) in [6.07, 6.45) is -3.20. The monoisotopic (exact) mass is 306 g/mol. The highest BCUT2D eigenvalue weighted by atomic mass is 19.4.